The minimum absolute atomic E-state index is 0.0209. The Morgan fingerprint density at radius 1 is 0.783 bits per heavy atom. The van der Waals surface area contributed by atoms with Crippen molar-refractivity contribution in [2.24, 2.45) is 52.1 Å². The van der Waals surface area contributed by atoms with Gasteiger partial charge < -0.3 is 19.9 Å². The highest BCUT2D eigenvalue weighted by molar-refractivity contribution is 5.25. The fraction of sp³-hybridized carbons (Fsp3) is 0.952. The molecule has 9 atom stereocenters. The second kappa shape index (κ2) is 19.1. The minimum Gasteiger partial charge on any atom is -0.380 e. The fourth-order valence-electron chi connectivity index (χ4n) is 10.9. The van der Waals surface area contributed by atoms with E-state index in [-0.39, 0.29) is 6.04 Å². The van der Waals surface area contributed by atoms with Crippen LogP contribution in [0.5, 0.6) is 0 Å². The Kier molecular flexibility index (Phi) is 15.9. The lowest BCUT2D eigenvalue weighted by atomic mass is 9.47. The number of rotatable bonds is 22. The average Bonchev–Trinajstić information content (AvgIpc) is 3.39. The zero-order valence-electron chi connectivity index (χ0n) is 31.5. The van der Waals surface area contributed by atoms with Gasteiger partial charge in [-0.05, 0) is 117 Å². The highest BCUT2D eigenvalue weighted by Gasteiger charge is 2.59. The van der Waals surface area contributed by atoms with Gasteiger partial charge in [0, 0.05) is 19.8 Å². The van der Waals surface area contributed by atoms with Crippen molar-refractivity contribution in [1.29, 1.82) is 0 Å². The third kappa shape index (κ3) is 10.3. The molecule has 0 heterocycles. The van der Waals surface area contributed by atoms with E-state index >= 15 is 0 Å². The van der Waals surface area contributed by atoms with E-state index in [0.29, 0.717) is 30.1 Å². The lowest BCUT2D eigenvalue weighted by molar-refractivity contribution is -0.0643. The second-order valence-corrected chi connectivity index (χ2v) is 17.4. The van der Waals surface area contributed by atoms with Crippen LogP contribution in [-0.4, -0.2) is 45.2 Å². The fourth-order valence-corrected chi connectivity index (χ4v) is 10.9. The summed E-state index contributed by atoms with van der Waals surface area (Å²) in [4.78, 5) is 0. The highest BCUT2D eigenvalue weighted by Crippen LogP contribution is 2.67. The molecular formula is C42H77NO3. The normalized spacial score (nSPS) is 33.7. The van der Waals surface area contributed by atoms with Crippen molar-refractivity contribution in [3.63, 3.8) is 0 Å². The first-order valence-electron chi connectivity index (χ1n) is 20.4. The van der Waals surface area contributed by atoms with Crippen LogP contribution in [-0.2, 0) is 14.2 Å². The van der Waals surface area contributed by atoms with Crippen LogP contribution < -0.4 is 5.73 Å². The second-order valence-electron chi connectivity index (χ2n) is 17.4. The molecule has 0 aromatic carbocycles. The van der Waals surface area contributed by atoms with Crippen LogP contribution in [0.2, 0.25) is 0 Å². The van der Waals surface area contributed by atoms with Crippen LogP contribution in [0.1, 0.15) is 164 Å². The van der Waals surface area contributed by atoms with Crippen LogP contribution in [0, 0.1) is 46.3 Å². The standard InChI is InChI=1S/C42H77NO3/c1-7-8-9-10-11-12-26-44-30-35(43)31-45-27-13-14-28-46-36-22-24-41(5)34(29-36)18-19-37-39-21-20-38(33(4)17-15-16-32(2)3)42(39,6)25-23-40(37)41/h18,32-33,35-40H,7-17,19-31,43H2,1-6H3/t33-,35-,36+,37?,38-,39?,40?,41+,42-/m1/s1. The number of fused-ring (bicyclic) bond motifs is 5. The van der Waals surface area contributed by atoms with E-state index in [1.54, 1.807) is 5.57 Å². The maximum atomic E-state index is 6.48. The molecule has 0 aliphatic heterocycles. The van der Waals surface area contributed by atoms with Gasteiger partial charge in [-0.3, -0.25) is 0 Å². The Morgan fingerprint density at radius 2 is 1.48 bits per heavy atom. The molecule has 46 heavy (non-hydrogen) atoms. The van der Waals surface area contributed by atoms with Crippen molar-refractivity contribution in [2.45, 2.75) is 176 Å². The molecule has 4 heteroatoms. The molecule has 4 aliphatic carbocycles. The van der Waals surface area contributed by atoms with Gasteiger partial charge in [-0.2, -0.15) is 0 Å². The maximum Gasteiger partial charge on any atom is 0.0640 e. The van der Waals surface area contributed by atoms with Gasteiger partial charge in [0.25, 0.3) is 0 Å². The number of hydrogen-bond donors (Lipinski definition) is 1. The van der Waals surface area contributed by atoms with Gasteiger partial charge in [-0.15, -0.1) is 0 Å². The molecule has 4 nitrogen and oxygen atoms in total. The van der Waals surface area contributed by atoms with Crippen molar-refractivity contribution in [1.82, 2.24) is 0 Å². The molecule has 0 spiro atoms. The molecule has 4 rings (SSSR count). The van der Waals surface area contributed by atoms with E-state index in [9.17, 15) is 0 Å². The van der Waals surface area contributed by atoms with Gasteiger partial charge in [0.15, 0.2) is 0 Å². The molecule has 0 saturated heterocycles. The number of ether oxygens (including phenoxy) is 3. The first-order valence-corrected chi connectivity index (χ1v) is 20.4. The van der Waals surface area contributed by atoms with Crippen molar-refractivity contribution in [3.05, 3.63) is 11.6 Å². The van der Waals surface area contributed by atoms with Crippen LogP contribution in [0.3, 0.4) is 0 Å². The maximum absolute atomic E-state index is 6.48. The number of unbranched alkanes of at least 4 members (excludes halogenated alkanes) is 6. The predicted octanol–water partition coefficient (Wildman–Crippen LogP) is 10.9. The first-order chi connectivity index (χ1) is 22.2. The largest absolute Gasteiger partial charge is 0.380 e. The molecule has 4 aliphatic rings. The van der Waals surface area contributed by atoms with Crippen LogP contribution in [0.25, 0.3) is 0 Å². The molecule has 0 amide bonds. The van der Waals surface area contributed by atoms with Gasteiger partial charge in [-0.1, -0.05) is 105 Å². The molecule has 3 saturated carbocycles. The molecular weight excluding hydrogens is 566 g/mol. The Hall–Kier alpha value is -0.420. The van der Waals surface area contributed by atoms with E-state index in [4.69, 9.17) is 19.9 Å². The van der Waals surface area contributed by atoms with E-state index < -0.39 is 0 Å². The lowest BCUT2D eigenvalue weighted by Crippen LogP contribution is -2.51. The summed E-state index contributed by atoms with van der Waals surface area (Å²) >= 11 is 0. The third-order valence-corrected chi connectivity index (χ3v) is 13.6. The molecule has 0 aromatic heterocycles. The third-order valence-electron chi connectivity index (χ3n) is 13.6. The predicted molar refractivity (Wildman–Crippen MR) is 195 cm³/mol. The molecule has 0 radical (unpaired) electrons. The number of allylic oxidation sites excluding steroid dienone is 1. The Morgan fingerprint density at radius 3 is 2.22 bits per heavy atom. The summed E-state index contributed by atoms with van der Waals surface area (Å²) in [5, 5.41) is 0. The van der Waals surface area contributed by atoms with E-state index in [0.717, 1.165) is 74.6 Å². The van der Waals surface area contributed by atoms with Gasteiger partial charge >= 0.3 is 0 Å². The summed E-state index contributed by atoms with van der Waals surface area (Å²) in [7, 11) is 0. The van der Waals surface area contributed by atoms with Crippen LogP contribution in [0.15, 0.2) is 11.6 Å². The summed E-state index contributed by atoms with van der Waals surface area (Å²) in [5.74, 6) is 5.44. The zero-order valence-corrected chi connectivity index (χ0v) is 31.5. The number of nitrogens with two attached hydrogens (primary N) is 1. The highest BCUT2D eigenvalue weighted by atomic mass is 16.5. The molecule has 3 unspecified atom stereocenters. The van der Waals surface area contributed by atoms with Gasteiger partial charge in [-0.25, -0.2) is 0 Å². The van der Waals surface area contributed by atoms with Gasteiger partial charge in [0.1, 0.15) is 0 Å². The van der Waals surface area contributed by atoms with Gasteiger partial charge in [0.2, 0.25) is 0 Å². The summed E-state index contributed by atoms with van der Waals surface area (Å²) in [6.07, 6.45) is 28.2. The zero-order chi connectivity index (χ0) is 33.0. The van der Waals surface area contributed by atoms with Crippen molar-refractivity contribution in [3.8, 4) is 0 Å². The summed E-state index contributed by atoms with van der Waals surface area (Å²) in [6.45, 7) is 18.6. The van der Waals surface area contributed by atoms with Crippen molar-refractivity contribution < 1.29 is 14.2 Å². The summed E-state index contributed by atoms with van der Waals surface area (Å²) in [5.41, 5.74) is 8.93. The SMILES string of the molecule is CCCCCCCCOC[C@@H](N)COCCCCO[C@H]1CC[C@@]2(C)C(=CCC3C2CC[C@@]2(C)C3CC[C@@H]2[C@H](C)CCCC(C)C)C1. The van der Waals surface area contributed by atoms with Crippen LogP contribution >= 0.6 is 0 Å². The molecule has 2 N–H and O–H groups in total. The Labute approximate surface area is 286 Å². The molecule has 268 valence electrons. The van der Waals surface area contributed by atoms with Crippen molar-refractivity contribution in [2.75, 3.05) is 33.0 Å². The lowest BCUT2D eigenvalue weighted by Gasteiger charge is -2.58. The monoisotopic (exact) mass is 644 g/mol. The Bertz CT molecular complexity index is 888. The molecule has 0 bridgehead atoms. The average molecular weight is 644 g/mol. The van der Waals surface area contributed by atoms with E-state index in [1.165, 1.54) is 103 Å². The first kappa shape index (κ1) is 38.4. The van der Waals surface area contributed by atoms with E-state index in [2.05, 4.69) is 47.6 Å². The summed E-state index contributed by atoms with van der Waals surface area (Å²) in [6, 6.07) is -0.0209. The Balaban J connectivity index is 1.10. The topological polar surface area (TPSA) is 53.7 Å². The minimum atomic E-state index is -0.0209. The quantitative estimate of drug-likeness (QED) is 0.0942. The molecule has 3 fully saturated rings. The van der Waals surface area contributed by atoms with E-state index in [1.807, 2.05) is 0 Å². The van der Waals surface area contributed by atoms with Crippen LogP contribution in [0.4, 0.5) is 0 Å². The van der Waals surface area contributed by atoms with Crippen molar-refractivity contribution >= 4 is 0 Å². The smallest absolute Gasteiger partial charge is 0.0640 e. The number of hydrogen-bond acceptors (Lipinski definition) is 4. The molecule has 0 aromatic rings. The van der Waals surface area contributed by atoms with Gasteiger partial charge in [0.05, 0.1) is 25.4 Å². The summed E-state index contributed by atoms with van der Waals surface area (Å²) < 4.78 is 18.1.